The van der Waals surface area contributed by atoms with Crippen molar-refractivity contribution in [3.63, 3.8) is 0 Å². The van der Waals surface area contributed by atoms with E-state index in [0.29, 0.717) is 29.6 Å². The number of aliphatic hydroxyl groups is 2. The number of rotatable bonds is 5. The summed E-state index contributed by atoms with van der Waals surface area (Å²) < 4.78 is 0. The Hall–Kier alpha value is 0.0700. The molecule has 4 aliphatic carbocycles. The zero-order valence-electron chi connectivity index (χ0n) is 20.4. The first-order chi connectivity index (χ1) is 14.5. The smallest absolute Gasteiger partial charge is 0.178 e. The van der Waals surface area contributed by atoms with Gasteiger partial charge in [0.25, 0.3) is 0 Å². The van der Waals surface area contributed by atoms with E-state index in [9.17, 15) is 15.0 Å². The summed E-state index contributed by atoms with van der Waals surface area (Å²) >= 11 is 3.82. The number of aliphatic hydroxyl groups excluding tert-OH is 1. The topological polar surface area (TPSA) is 57.5 Å². The molecule has 4 rings (SSSR count). The maximum atomic E-state index is 13.6. The van der Waals surface area contributed by atoms with Crippen molar-refractivity contribution in [3.8, 4) is 0 Å². The van der Waals surface area contributed by atoms with Gasteiger partial charge in [0.2, 0.25) is 0 Å². The lowest BCUT2D eigenvalue weighted by Gasteiger charge is -2.64. The normalized spacial score (nSPS) is 50.7. The van der Waals surface area contributed by atoms with Gasteiger partial charge in [-0.1, -0.05) is 69.8 Å². The van der Waals surface area contributed by atoms with Gasteiger partial charge in [-0.2, -0.15) is 0 Å². The van der Waals surface area contributed by atoms with Crippen LogP contribution in [-0.2, 0) is 4.79 Å². The minimum absolute atomic E-state index is 0.0484. The second kappa shape index (κ2) is 8.38. The molecule has 0 aliphatic heterocycles. The number of hydrogen-bond donors (Lipinski definition) is 2. The molecule has 4 saturated carbocycles. The zero-order chi connectivity index (χ0) is 22.8. The molecule has 0 saturated heterocycles. The highest BCUT2D eigenvalue weighted by atomic mass is 79.9. The molecule has 0 aromatic heterocycles. The van der Waals surface area contributed by atoms with Crippen LogP contribution >= 0.6 is 15.9 Å². The van der Waals surface area contributed by atoms with E-state index in [-0.39, 0.29) is 17.0 Å². The van der Waals surface area contributed by atoms with E-state index < -0.39 is 17.1 Å². The lowest BCUT2D eigenvalue weighted by atomic mass is 9.42. The number of halogens is 1. The fourth-order valence-corrected chi connectivity index (χ4v) is 10.1. The monoisotopic (exact) mass is 496 g/mol. The molecule has 0 spiro atoms. The van der Waals surface area contributed by atoms with Crippen LogP contribution in [0, 0.1) is 46.3 Å². The molecule has 0 heterocycles. The maximum absolute atomic E-state index is 13.6. The van der Waals surface area contributed by atoms with Crippen LogP contribution in [0.3, 0.4) is 0 Å². The number of hydrogen-bond acceptors (Lipinski definition) is 3. The van der Waals surface area contributed by atoms with Crippen molar-refractivity contribution in [2.45, 2.75) is 115 Å². The Morgan fingerprint density at radius 3 is 2.42 bits per heavy atom. The number of carbonyl (C=O) groups excluding carboxylic acids is 1. The lowest BCUT2D eigenvalue weighted by Crippen LogP contribution is -2.70. The Kier molecular flexibility index (Phi) is 6.54. The Bertz CT molecular complexity index is 694. The fraction of sp³-hybridized carbons (Fsp3) is 0.963. The van der Waals surface area contributed by atoms with E-state index in [1.807, 2.05) is 0 Å². The largest absolute Gasteiger partial charge is 0.393 e. The number of alkyl halides is 1. The molecule has 4 aliphatic rings. The Morgan fingerprint density at radius 2 is 1.74 bits per heavy atom. The summed E-state index contributed by atoms with van der Waals surface area (Å²) in [5.74, 6) is 3.47. The first-order valence-corrected chi connectivity index (χ1v) is 14.0. The van der Waals surface area contributed by atoms with E-state index in [0.717, 1.165) is 30.6 Å². The Labute approximate surface area is 198 Å². The van der Waals surface area contributed by atoms with Crippen LogP contribution in [0.2, 0.25) is 0 Å². The molecule has 0 aromatic carbocycles. The molecular formula is C27H45BrO3. The molecule has 4 heteroatoms. The summed E-state index contributed by atoms with van der Waals surface area (Å²) in [4.78, 5) is 13.3. The van der Waals surface area contributed by atoms with Crippen LogP contribution in [0.25, 0.3) is 0 Å². The third-order valence-corrected chi connectivity index (χ3v) is 11.8. The van der Waals surface area contributed by atoms with Crippen molar-refractivity contribution in [2.75, 3.05) is 0 Å². The first-order valence-electron chi connectivity index (χ1n) is 13.0. The predicted octanol–water partition coefficient (Wildman–Crippen LogP) is 6.14. The summed E-state index contributed by atoms with van der Waals surface area (Å²) in [6.45, 7) is 11.8. The molecule has 10 atom stereocenters. The first kappa shape index (κ1) is 24.2. The van der Waals surface area contributed by atoms with Crippen molar-refractivity contribution in [1.82, 2.24) is 0 Å². The highest BCUT2D eigenvalue weighted by Crippen LogP contribution is 2.69. The van der Waals surface area contributed by atoms with Crippen LogP contribution in [-0.4, -0.2) is 32.5 Å². The van der Waals surface area contributed by atoms with Crippen molar-refractivity contribution >= 4 is 21.7 Å². The van der Waals surface area contributed by atoms with Gasteiger partial charge in [-0.3, -0.25) is 4.79 Å². The molecule has 2 N–H and O–H groups in total. The average molecular weight is 498 g/mol. The maximum Gasteiger partial charge on any atom is 0.178 e. The fourth-order valence-electron chi connectivity index (χ4n) is 9.00. The third kappa shape index (κ3) is 3.60. The molecule has 0 radical (unpaired) electrons. The van der Waals surface area contributed by atoms with Crippen LogP contribution in [0.4, 0.5) is 0 Å². The SMILES string of the molecule is CC(C)CCC[C@@H](C)[C@H]1CC[C@H]2[C@@H]3[C@H](Br)C(=O)[C@@]4(O)CC(O)CC[C@]4(C)[C@H]3CC[C@]12C. The summed E-state index contributed by atoms with van der Waals surface area (Å²) in [6.07, 6.45) is 9.94. The third-order valence-electron chi connectivity index (χ3n) is 10.8. The molecule has 31 heavy (non-hydrogen) atoms. The Morgan fingerprint density at radius 1 is 1.03 bits per heavy atom. The van der Waals surface area contributed by atoms with Gasteiger partial charge in [-0.25, -0.2) is 0 Å². The molecule has 0 bridgehead atoms. The molecule has 0 amide bonds. The quantitative estimate of drug-likeness (QED) is 0.449. The van der Waals surface area contributed by atoms with Crippen LogP contribution in [0.5, 0.6) is 0 Å². The van der Waals surface area contributed by atoms with Gasteiger partial charge in [-0.05, 0) is 79.4 Å². The van der Waals surface area contributed by atoms with Crippen molar-refractivity contribution in [2.24, 2.45) is 46.3 Å². The summed E-state index contributed by atoms with van der Waals surface area (Å²) in [6, 6.07) is 0. The number of Topliss-reactive ketones (excluding diaryl/α,β-unsaturated/α-hetero) is 1. The highest BCUT2D eigenvalue weighted by molar-refractivity contribution is 9.10. The van der Waals surface area contributed by atoms with Gasteiger partial charge in [-0.15, -0.1) is 0 Å². The minimum atomic E-state index is -1.38. The summed E-state index contributed by atoms with van der Waals surface area (Å²) in [5, 5.41) is 21.9. The zero-order valence-corrected chi connectivity index (χ0v) is 22.0. The summed E-state index contributed by atoms with van der Waals surface area (Å²) in [5.41, 5.74) is -1.47. The highest BCUT2D eigenvalue weighted by Gasteiger charge is 2.70. The molecule has 0 aromatic rings. The van der Waals surface area contributed by atoms with Gasteiger partial charge in [0.05, 0.1) is 10.9 Å². The van der Waals surface area contributed by atoms with Gasteiger partial charge in [0.15, 0.2) is 5.78 Å². The molecule has 3 nitrogen and oxygen atoms in total. The molecule has 4 fully saturated rings. The second-order valence-electron chi connectivity index (χ2n) is 12.8. The minimum Gasteiger partial charge on any atom is -0.393 e. The summed E-state index contributed by atoms with van der Waals surface area (Å²) in [7, 11) is 0. The number of fused-ring (bicyclic) bond motifs is 5. The van der Waals surface area contributed by atoms with E-state index in [2.05, 4.69) is 50.5 Å². The molecular weight excluding hydrogens is 452 g/mol. The second-order valence-corrected chi connectivity index (χ2v) is 13.7. The standard InChI is InChI=1S/C27H45BrO3/c1-16(2)7-6-8-17(3)19-9-10-20-22-21(12-13-25(19,20)4)26(5)14-11-18(29)15-27(26,31)24(30)23(22)28/h16-23,29,31H,6-15H2,1-5H3/t17-,18?,19-,20+,21+,22+,23+,25-,26-,27+/m1/s1. The van der Waals surface area contributed by atoms with Crippen molar-refractivity contribution in [1.29, 1.82) is 0 Å². The van der Waals surface area contributed by atoms with Gasteiger partial charge in [0.1, 0.15) is 5.60 Å². The molecule has 1 unspecified atom stereocenters. The van der Waals surface area contributed by atoms with E-state index >= 15 is 0 Å². The van der Waals surface area contributed by atoms with E-state index in [4.69, 9.17) is 0 Å². The number of carbonyl (C=O) groups is 1. The van der Waals surface area contributed by atoms with Gasteiger partial charge < -0.3 is 10.2 Å². The van der Waals surface area contributed by atoms with Gasteiger partial charge >= 0.3 is 0 Å². The van der Waals surface area contributed by atoms with Crippen LogP contribution in [0.1, 0.15) is 98.8 Å². The van der Waals surface area contributed by atoms with Gasteiger partial charge in [0, 0.05) is 11.8 Å². The Balaban J connectivity index is 1.58. The van der Waals surface area contributed by atoms with Crippen molar-refractivity contribution in [3.05, 3.63) is 0 Å². The average Bonchev–Trinajstić information content (AvgIpc) is 3.05. The van der Waals surface area contributed by atoms with E-state index in [1.54, 1.807) is 0 Å². The number of ketones is 1. The van der Waals surface area contributed by atoms with Crippen LogP contribution in [0.15, 0.2) is 0 Å². The lowest BCUT2D eigenvalue weighted by molar-refractivity contribution is -0.211. The predicted molar refractivity (Wildman–Crippen MR) is 129 cm³/mol. The van der Waals surface area contributed by atoms with E-state index in [1.165, 1.54) is 38.5 Å². The van der Waals surface area contributed by atoms with Crippen LogP contribution < -0.4 is 0 Å². The molecule has 178 valence electrons. The van der Waals surface area contributed by atoms with Crippen molar-refractivity contribution < 1.29 is 15.0 Å².